The average molecular weight is 525 g/mol. The van der Waals surface area contributed by atoms with E-state index < -0.39 is 10.0 Å². The molecule has 0 saturated carbocycles. The first-order chi connectivity index (χ1) is 17.6. The minimum Gasteiger partial charge on any atom is -0.493 e. The molecule has 1 amide bonds. The third kappa shape index (κ3) is 6.90. The number of nitrogens with zero attached hydrogens (tertiary/aromatic N) is 1. The van der Waals surface area contributed by atoms with Crippen molar-refractivity contribution in [2.24, 2.45) is 0 Å². The number of hydrogen-bond donors (Lipinski definition) is 1. The summed E-state index contributed by atoms with van der Waals surface area (Å²) in [6, 6.07) is 17.9. The van der Waals surface area contributed by atoms with Gasteiger partial charge in [0.25, 0.3) is 0 Å². The van der Waals surface area contributed by atoms with E-state index in [-0.39, 0.29) is 29.9 Å². The van der Waals surface area contributed by atoms with Gasteiger partial charge in [-0.05, 0) is 74.1 Å². The maximum atomic E-state index is 13.7. The summed E-state index contributed by atoms with van der Waals surface area (Å²) >= 11 is 0. The predicted octanol–water partition coefficient (Wildman–Crippen LogP) is 4.74. The van der Waals surface area contributed by atoms with Gasteiger partial charge in [-0.2, -0.15) is 4.31 Å². The fourth-order valence-corrected chi connectivity index (χ4v) is 5.70. The third-order valence-corrected chi connectivity index (χ3v) is 8.37. The first-order valence-corrected chi connectivity index (χ1v) is 13.6. The second-order valence-corrected chi connectivity index (χ2v) is 11.1. The smallest absolute Gasteiger partial charge is 0.243 e. The fraction of sp³-hybridized carbons (Fsp3) is 0.345. The maximum absolute atomic E-state index is 13.7. The molecule has 3 rings (SSSR count). The first kappa shape index (κ1) is 28.2. The molecule has 1 N–H and O–H groups in total. The number of benzene rings is 3. The van der Waals surface area contributed by atoms with E-state index >= 15 is 0 Å². The topological polar surface area (TPSA) is 84.9 Å². The molecule has 0 unspecified atom stereocenters. The molecule has 0 aromatic heterocycles. The van der Waals surface area contributed by atoms with E-state index in [2.05, 4.69) is 24.4 Å². The number of nitrogens with one attached hydrogen (secondary N) is 1. The summed E-state index contributed by atoms with van der Waals surface area (Å²) in [6.07, 6.45) is 0.465. The first-order valence-electron chi connectivity index (χ1n) is 12.2. The molecular weight excluding hydrogens is 488 g/mol. The van der Waals surface area contributed by atoms with Gasteiger partial charge in [0, 0.05) is 12.6 Å². The van der Waals surface area contributed by atoms with Gasteiger partial charge in [-0.25, -0.2) is 8.42 Å². The molecule has 0 spiro atoms. The van der Waals surface area contributed by atoms with E-state index in [0.717, 1.165) is 22.3 Å². The van der Waals surface area contributed by atoms with Crippen LogP contribution >= 0.6 is 0 Å². The molecule has 0 saturated heterocycles. The second kappa shape index (κ2) is 12.3. The number of methoxy groups -OCH3 is 2. The van der Waals surface area contributed by atoms with Crippen LogP contribution in [0.25, 0.3) is 0 Å². The Morgan fingerprint density at radius 3 is 2.19 bits per heavy atom. The normalized spacial score (nSPS) is 12.3. The van der Waals surface area contributed by atoms with Gasteiger partial charge in [0.2, 0.25) is 15.9 Å². The van der Waals surface area contributed by atoms with Gasteiger partial charge in [0.15, 0.2) is 11.5 Å². The van der Waals surface area contributed by atoms with Crippen LogP contribution in [0.4, 0.5) is 0 Å². The molecule has 0 aliphatic heterocycles. The van der Waals surface area contributed by atoms with E-state index in [9.17, 15) is 13.2 Å². The number of sulfonamides is 1. The lowest BCUT2D eigenvalue weighted by Crippen LogP contribution is -2.42. The largest absolute Gasteiger partial charge is 0.493 e. The molecule has 0 heterocycles. The zero-order chi connectivity index (χ0) is 27.2. The Hall–Kier alpha value is -3.36. The van der Waals surface area contributed by atoms with Crippen molar-refractivity contribution in [2.45, 2.75) is 45.1 Å². The van der Waals surface area contributed by atoms with Crippen molar-refractivity contribution in [1.82, 2.24) is 9.62 Å². The Morgan fingerprint density at radius 2 is 1.54 bits per heavy atom. The quantitative estimate of drug-likeness (QED) is 0.392. The van der Waals surface area contributed by atoms with Crippen LogP contribution < -0.4 is 14.8 Å². The molecule has 0 fully saturated rings. The minimum atomic E-state index is -4.01. The van der Waals surface area contributed by atoms with Crippen LogP contribution in [0.3, 0.4) is 0 Å². The molecular formula is C29H36N2O5S. The molecule has 0 radical (unpaired) electrons. The predicted molar refractivity (Wildman–Crippen MR) is 146 cm³/mol. The number of hydrogen-bond acceptors (Lipinski definition) is 5. The highest BCUT2D eigenvalue weighted by molar-refractivity contribution is 7.89. The average Bonchev–Trinajstić information content (AvgIpc) is 2.88. The summed E-state index contributed by atoms with van der Waals surface area (Å²) in [4.78, 5) is 13.2. The van der Waals surface area contributed by atoms with Crippen LogP contribution in [0.5, 0.6) is 11.5 Å². The maximum Gasteiger partial charge on any atom is 0.243 e. The van der Waals surface area contributed by atoms with Crippen LogP contribution in [0.1, 0.15) is 40.8 Å². The van der Waals surface area contributed by atoms with Gasteiger partial charge in [-0.1, -0.05) is 42.5 Å². The molecule has 37 heavy (non-hydrogen) atoms. The summed E-state index contributed by atoms with van der Waals surface area (Å²) in [7, 11) is -1.07. The number of rotatable bonds is 11. The van der Waals surface area contributed by atoms with E-state index in [1.165, 1.54) is 36.2 Å². The number of aryl methyl sites for hydroxylation is 3. The summed E-state index contributed by atoms with van der Waals surface area (Å²) in [5, 5.41) is 2.99. The van der Waals surface area contributed by atoms with Gasteiger partial charge in [-0.3, -0.25) is 4.79 Å². The van der Waals surface area contributed by atoms with E-state index in [1.807, 2.05) is 51.1 Å². The van der Waals surface area contributed by atoms with Gasteiger partial charge >= 0.3 is 0 Å². The van der Waals surface area contributed by atoms with Gasteiger partial charge in [0.1, 0.15) is 0 Å². The zero-order valence-corrected chi connectivity index (χ0v) is 23.2. The van der Waals surface area contributed by atoms with Crippen molar-refractivity contribution < 1.29 is 22.7 Å². The Labute approximate surface area is 220 Å². The SMILES string of the molecule is COc1ccc(S(=O)(=O)N(CCc2ccccc2)CC(=O)N[C@H](C)c2cc(C)c(C)cc2C)cc1OC. The standard InChI is InChI=1S/C29H36N2O5S/c1-20-16-22(3)26(17-21(20)2)23(4)30-29(32)19-31(15-14-24-10-8-7-9-11-24)37(33,34)25-12-13-27(35-5)28(18-25)36-6/h7-13,16-18,23H,14-15,19H2,1-6H3,(H,30,32)/t23-/m1/s1. The summed E-state index contributed by atoms with van der Waals surface area (Å²) < 4.78 is 39.2. The van der Waals surface area contributed by atoms with Crippen molar-refractivity contribution in [3.8, 4) is 11.5 Å². The molecule has 0 aliphatic carbocycles. The molecule has 7 nitrogen and oxygen atoms in total. The molecule has 3 aromatic carbocycles. The lowest BCUT2D eigenvalue weighted by atomic mass is 9.96. The van der Waals surface area contributed by atoms with E-state index in [1.54, 1.807) is 6.07 Å². The van der Waals surface area contributed by atoms with E-state index in [0.29, 0.717) is 17.9 Å². The summed E-state index contributed by atoms with van der Waals surface area (Å²) in [5.41, 5.74) is 5.40. The molecule has 198 valence electrons. The molecule has 1 atom stereocenters. The zero-order valence-electron chi connectivity index (χ0n) is 22.4. The third-order valence-electron chi connectivity index (χ3n) is 6.53. The Morgan fingerprint density at radius 1 is 0.892 bits per heavy atom. The molecule has 8 heteroatoms. The van der Waals surface area contributed by atoms with Crippen LogP contribution in [0, 0.1) is 20.8 Å². The van der Waals surface area contributed by atoms with Crippen molar-refractivity contribution in [2.75, 3.05) is 27.3 Å². The number of carbonyl (C=O) groups excluding carboxylic acids is 1. The highest BCUT2D eigenvalue weighted by Crippen LogP contribution is 2.31. The summed E-state index contributed by atoms with van der Waals surface area (Å²) in [5.74, 6) is 0.352. The number of amides is 1. The van der Waals surface area contributed by atoms with Crippen molar-refractivity contribution >= 4 is 15.9 Å². The van der Waals surface area contributed by atoms with Crippen molar-refractivity contribution in [3.05, 3.63) is 88.5 Å². The number of ether oxygens (including phenoxy) is 2. The lowest BCUT2D eigenvalue weighted by Gasteiger charge is -2.24. The van der Waals surface area contributed by atoms with Gasteiger partial charge < -0.3 is 14.8 Å². The monoisotopic (exact) mass is 524 g/mol. The Balaban J connectivity index is 1.86. The summed E-state index contributed by atoms with van der Waals surface area (Å²) in [6.45, 7) is 7.85. The Bertz CT molecular complexity index is 1340. The molecule has 0 aliphatic rings. The van der Waals surface area contributed by atoms with Gasteiger partial charge in [0.05, 0.1) is 31.7 Å². The minimum absolute atomic E-state index is 0.0315. The van der Waals surface area contributed by atoms with Crippen LogP contribution in [0.15, 0.2) is 65.6 Å². The Kier molecular flexibility index (Phi) is 9.34. The van der Waals surface area contributed by atoms with Crippen LogP contribution in [-0.4, -0.2) is 45.9 Å². The van der Waals surface area contributed by atoms with Crippen LogP contribution in [-0.2, 0) is 21.2 Å². The number of carbonyl (C=O) groups is 1. The van der Waals surface area contributed by atoms with Gasteiger partial charge in [-0.15, -0.1) is 0 Å². The lowest BCUT2D eigenvalue weighted by molar-refractivity contribution is -0.121. The van der Waals surface area contributed by atoms with E-state index in [4.69, 9.17) is 9.47 Å². The molecule has 3 aromatic rings. The van der Waals surface area contributed by atoms with Crippen molar-refractivity contribution in [3.63, 3.8) is 0 Å². The fourth-order valence-electron chi connectivity index (χ4n) is 4.28. The highest BCUT2D eigenvalue weighted by Gasteiger charge is 2.28. The highest BCUT2D eigenvalue weighted by atomic mass is 32.2. The second-order valence-electron chi connectivity index (χ2n) is 9.17. The molecule has 0 bridgehead atoms. The van der Waals surface area contributed by atoms with Crippen molar-refractivity contribution in [1.29, 1.82) is 0 Å². The van der Waals surface area contributed by atoms with Crippen LogP contribution in [0.2, 0.25) is 0 Å².